The van der Waals surface area contributed by atoms with Gasteiger partial charge in [-0.3, -0.25) is 0 Å². The lowest BCUT2D eigenvalue weighted by molar-refractivity contribution is -0.0424. The van der Waals surface area contributed by atoms with Crippen LogP contribution in [0.2, 0.25) is 0 Å². The normalized spacial score (nSPS) is 27.9. The zero-order valence-corrected chi connectivity index (χ0v) is 14.7. The minimum Gasteiger partial charge on any atom is -0.391 e. The Bertz CT molecular complexity index is 494. The van der Waals surface area contributed by atoms with E-state index in [1.54, 1.807) is 12.1 Å². The molecule has 21 heavy (non-hydrogen) atoms. The Morgan fingerprint density at radius 2 is 2.19 bits per heavy atom. The average Bonchev–Trinajstić information content (AvgIpc) is 2.42. The summed E-state index contributed by atoms with van der Waals surface area (Å²) in [6, 6.07) is 4.99. The monoisotopic (exact) mass is 357 g/mol. The minimum atomic E-state index is -0.437. The topological polar surface area (TPSA) is 23.5 Å². The lowest BCUT2D eigenvalue weighted by Crippen LogP contribution is -2.56. The number of likely N-dealkylation sites (N-methyl/N-ethyl adjacent to an activating group) is 1. The molecule has 0 aromatic heterocycles. The molecule has 1 saturated carbocycles. The van der Waals surface area contributed by atoms with E-state index in [1.807, 2.05) is 0 Å². The molecule has 0 aliphatic heterocycles. The van der Waals surface area contributed by atoms with Crippen LogP contribution in [0.15, 0.2) is 22.7 Å². The summed E-state index contributed by atoms with van der Waals surface area (Å²) in [5.41, 5.74) is 0.800. The maximum Gasteiger partial charge on any atom is 0.137 e. The Hall–Kier alpha value is -0.450. The van der Waals surface area contributed by atoms with Gasteiger partial charge >= 0.3 is 0 Å². The maximum absolute atomic E-state index is 13.3. The molecular formula is C17H25BrFNO. The summed E-state index contributed by atoms with van der Waals surface area (Å²) in [5, 5.41) is 10.9. The van der Waals surface area contributed by atoms with E-state index >= 15 is 0 Å². The number of aliphatic hydroxyl groups is 1. The van der Waals surface area contributed by atoms with Crippen LogP contribution in [-0.2, 0) is 6.42 Å². The van der Waals surface area contributed by atoms with E-state index in [2.05, 4.69) is 41.8 Å². The van der Waals surface area contributed by atoms with Crippen molar-refractivity contribution in [3.8, 4) is 0 Å². The summed E-state index contributed by atoms with van der Waals surface area (Å²) >= 11 is 3.22. The first-order valence-electron chi connectivity index (χ1n) is 7.64. The number of rotatable bonds is 4. The number of hydrogen-bond acceptors (Lipinski definition) is 2. The van der Waals surface area contributed by atoms with Crippen LogP contribution in [0, 0.1) is 11.7 Å². The SMILES string of the molecule is CC1CCCC(C(O)Cc2ccc(F)c(Br)c2)(N(C)C)C1. The van der Waals surface area contributed by atoms with Gasteiger partial charge in [-0.1, -0.05) is 25.8 Å². The van der Waals surface area contributed by atoms with Crippen LogP contribution in [0.25, 0.3) is 0 Å². The molecule has 0 radical (unpaired) electrons. The molecule has 3 unspecified atom stereocenters. The molecule has 1 aromatic carbocycles. The van der Waals surface area contributed by atoms with Gasteiger partial charge in [-0.2, -0.15) is 0 Å². The van der Waals surface area contributed by atoms with Gasteiger partial charge in [0.25, 0.3) is 0 Å². The highest BCUT2D eigenvalue weighted by molar-refractivity contribution is 9.10. The van der Waals surface area contributed by atoms with Gasteiger partial charge in [-0.15, -0.1) is 0 Å². The van der Waals surface area contributed by atoms with E-state index in [4.69, 9.17) is 0 Å². The third-order valence-electron chi connectivity index (χ3n) is 4.93. The molecule has 0 heterocycles. The van der Waals surface area contributed by atoms with Crippen molar-refractivity contribution in [3.05, 3.63) is 34.1 Å². The van der Waals surface area contributed by atoms with E-state index in [1.165, 1.54) is 12.5 Å². The molecule has 1 fully saturated rings. The van der Waals surface area contributed by atoms with Crippen LogP contribution in [0.3, 0.4) is 0 Å². The van der Waals surface area contributed by atoms with Crippen LogP contribution in [0.5, 0.6) is 0 Å². The number of benzene rings is 1. The minimum absolute atomic E-state index is 0.168. The molecule has 1 aliphatic rings. The van der Waals surface area contributed by atoms with Gasteiger partial charge < -0.3 is 10.0 Å². The van der Waals surface area contributed by atoms with Crippen molar-refractivity contribution in [3.63, 3.8) is 0 Å². The first kappa shape index (κ1) is 16.9. The third kappa shape index (κ3) is 3.66. The third-order valence-corrected chi connectivity index (χ3v) is 5.54. The Kier molecular flexibility index (Phi) is 5.44. The molecule has 1 aliphatic carbocycles. The molecular weight excluding hydrogens is 333 g/mol. The summed E-state index contributed by atoms with van der Waals surface area (Å²) in [6.45, 7) is 2.26. The lowest BCUT2D eigenvalue weighted by Gasteiger charge is -2.48. The number of hydrogen-bond donors (Lipinski definition) is 1. The van der Waals surface area contributed by atoms with Gasteiger partial charge in [0.05, 0.1) is 10.6 Å². The average molecular weight is 358 g/mol. The molecule has 0 bridgehead atoms. The predicted molar refractivity (Wildman–Crippen MR) is 87.9 cm³/mol. The fourth-order valence-corrected chi connectivity index (χ4v) is 4.08. The molecule has 0 spiro atoms. The summed E-state index contributed by atoms with van der Waals surface area (Å²) in [6.07, 6.45) is 4.56. The van der Waals surface area contributed by atoms with Gasteiger partial charge in [0.1, 0.15) is 5.82 Å². The van der Waals surface area contributed by atoms with E-state index in [0.29, 0.717) is 16.8 Å². The van der Waals surface area contributed by atoms with Crippen molar-refractivity contribution in [2.75, 3.05) is 14.1 Å². The maximum atomic E-state index is 13.3. The second kappa shape index (κ2) is 6.76. The van der Waals surface area contributed by atoms with E-state index in [0.717, 1.165) is 24.8 Å². The quantitative estimate of drug-likeness (QED) is 0.879. The molecule has 2 nitrogen and oxygen atoms in total. The van der Waals surface area contributed by atoms with Crippen molar-refractivity contribution in [1.29, 1.82) is 0 Å². The van der Waals surface area contributed by atoms with Crippen LogP contribution >= 0.6 is 15.9 Å². The van der Waals surface area contributed by atoms with Gasteiger partial charge in [0.15, 0.2) is 0 Å². The molecule has 0 amide bonds. The summed E-state index contributed by atoms with van der Waals surface area (Å²) in [5.74, 6) is 0.373. The van der Waals surface area contributed by atoms with Gasteiger partial charge in [0.2, 0.25) is 0 Å². The van der Waals surface area contributed by atoms with Crippen molar-refractivity contribution in [2.45, 2.75) is 50.7 Å². The van der Waals surface area contributed by atoms with E-state index in [-0.39, 0.29) is 11.4 Å². The first-order chi connectivity index (χ1) is 9.85. The van der Waals surface area contributed by atoms with Crippen LogP contribution in [0.4, 0.5) is 4.39 Å². The molecule has 3 atom stereocenters. The van der Waals surface area contributed by atoms with E-state index in [9.17, 15) is 9.50 Å². The zero-order chi connectivity index (χ0) is 15.6. The second-order valence-corrected chi connectivity index (χ2v) is 7.52. The Morgan fingerprint density at radius 1 is 1.48 bits per heavy atom. The standard InChI is InChI=1S/C17H25BrFNO/c1-12-5-4-8-17(11-12,20(2)3)16(21)10-13-6-7-15(19)14(18)9-13/h6-7,9,12,16,21H,4-5,8,10-11H2,1-3H3. The fourth-order valence-electron chi connectivity index (χ4n) is 3.65. The van der Waals surface area contributed by atoms with Gasteiger partial charge in [0, 0.05) is 12.0 Å². The summed E-state index contributed by atoms with van der Waals surface area (Å²) in [4.78, 5) is 2.19. The van der Waals surface area contributed by atoms with E-state index < -0.39 is 6.10 Å². The Morgan fingerprint density at radius 3 is 2.76 bits per heavy atom. The predicted octanol–water partition coefficient (Wildman–Crippen LogP) is 4.00. The van der Waals surface area contributed by atoms with Crippen molar-refractivity contribution in [1.82, 2.24) is 4.90 Å². The molecule has 2 rings (SSSR count). The summed E-state index contributed by atoms with van der Waals surface area (Å²) in [7, 11) is 4.11. The Labute approximate surface area is 135 Å². The van der Waals surface area contributed by atoms with Crippen LogP contribution in [0.1, 0.15) is 38.2 Å². The largest absolute Gasteiger partial charge is 0.391 e. The summed E-state index contributed by atoms with van der Waals surface area (Å²) < 4.78 is 13.8. The smallest absolute Gasteiger partial charge is 0.137 e. The lowest BCUT2D eigenvalue weighted by atomic mass is 9.71. The van der Waals surface area contributed by atoms with Crippen molar-refractivity contribution >= 4 is 15.9 Å². The second-order valence-electron chi connectivity index (χ2n) is 6.67. The molecule has 118 valence electrons. The highest BCUT2D eigenvalue weighted by atomic mass is 79.9. The van der Waals surface area contributed by atoms with Crippen molar-refractivity contribution < 1.29 is 9.50 Å². The Balaban J connectivity index is 2.18. The number of halogens is 2. The zero-order valence-electron chi connectivity index (χ0n) is 13.1. The van der Waals surface area contributed by atoms with Crippen LogP contribution in [-0.4, -0.2) is 35.7 Å². The first-order valence-corrected chi connectivity index (χ1v) is 8.44. The molecule has 0 saturated heterocycles. The fraction of sp³-hybridized carbons (Fsp3) is 0.647. The molecule has 1 N–H and O–H groups in total. The van der Waals surface area contributed by atoms with Crippen molar-refractivity contribution in [2.24, 2.45) is 5.92 Å². The number of nitrogens with zero attached hydrogens (tertiary/aromatic N) is 1. The molecule has 4 heteroatoms. The van der Waals surface area contributed by atoms with Crippen LogP contribution < -0.4 is 0 Å². The molecule has 1 aromatic rings. The highest BCUT2D eigenvalue weighted by Gasteiger charge is 2.42. The highest BCUT2D eigenvalue weighted by Crippen LogP contribution is 2.39. The number of aliphatic hydroxyl groups excluding tert-OH is 1. The van der Waals surface area contributed by atoms with Gasteiger partial charge in [-0.05, 0) is 66.5 Å². The van der Waals surface area contributed by atoms with Gasteiger partial charge in [-0.25, -0.2) is 4.39 Å².